The first kappa shape index (κ1) is 24.7. The number of hydrogen-bond donors (Lipinski definition) is 3. The molecule has 4 aromatic rings. The van der Waals surface area contributed by atoms with Gasteiger partial charge in [-0.15, -0.1) is 0 Å². The Morgan fingerprint density at radius 3 is 2.84 bits per heavy atom. The molecular formula is C27H22ClFN4O4. The van der Waals surface area contributed by atoms with E-state index in [1.54, 1.807) is 18.2 Å². The molecule has 3 N–H and O–H groups in total. The Balaban J connectivity index is 1.47. The van der Waals surface area contributed by atoms with Crippen molar-refractivity contribution in [3.05, 3.63) is 88.2 Å². The van der Waals surface area contributed by atoms with Crippen molar-refractivity contribution < 1.29 is 23.8 Å². The van der Waals surface area contributed by atoms with Gasteiger partial charge in [-0.1, -0.05) is 23.7 Å². The van der Waals surface area contributed by atoms with Crippen molar-refractivity contribution in [1.82, 2.24) is 9.97 Å². The summed E-state index contributed by atoms with van der Waals surface area (Å²) in [5, 5.41) is 13.3. The smallest absolute Gasteiger partial charge is 0.228 e. The number of para-hydroxylation sites is 1. The van der Waals surface area contributed by atoms with Gasteiger partial charge in [-0.25, -0.2) is 14.2 Å². The Bertz CT molecular complexity index is 1510. The predicted molar refractivity (Wildman–Crippen MR) is 137 cm³/mol. The Morgan fingerprint density at radius 1 is 1.30 bits per heavy atom. The third-order valence-electron chi connectivity index (χ3n) is 6.22. The number of ketones is 1. The largest absolute Gasteiger partial charge is 0.454 e. The lowest BCUT2D eigenvalue weighted by Gasteiger charge is -2.29. The molecule has 2 aromatic heterocycles. The molecule has 0 saturated carbocycles. The van der Waals surface area contributed by atoms with E-state index in [2.05, 4.69) is 20.1 Å². The summed E-state index contributed by atoms with van der Waals surface area (Å²) < 4.78 is 25.2. The molecule has 0 radical (unpaired) electrons. The van der Waals surface area contributed by atoms with Crippen LogP contribution < -0.4 is 10.1 Å². The number of aromatic nitrogens is 2. The number of carbonyl (C=O) groups excluding carboxylic acids is 1. The second-order valence-electron chi connectivity index (χ2n) is 8.62. The molecule has 1 saturated heterocycles. The molecule has 0 bridgehead atoms. The number of halogens is 2. The van der Waals surface area contributed by atoms with E-state index in [9.17, 15) is 14.3 Å². The average Bonchev–Trinajstić information content (AvgIpc) is 3.35. The van der Waals surface area contributed by atoms with E-state index in [1.165, 1.54) is 36.7 Å². The number of aliphatic hydroxyl groups excluding tert-OH is 1. The van der Waals surface area contributed by atoms with Crippen molar-refractivity contribution >= 4 is 39.8 Å². The molecule has 0 amide bonds. The molecule has 0 unspecified atom stereocenters. The maximum absolute atomic E-state index is 14.0. The summed E-state index contributed by atoms with van der Waals surface area (Å²) in [6.45, 7) is 7.94. The number of anilines is 1. The van der Waals surface area contributed by atoms with Crippen LogP contribution in [0, 0.1) is 12.4 Å². The maximum Gasteiger partial charge on any atom is 0.228 e. The zero-order chi connectivity index (χ0) is 25.9. The minimum atomic E-state index is -0.518. The van der Waals surface area contributed by atoms with Crippen molar-refractivity contribution in [3.63, 3.8) is 0 Å². The summed E-state index contributed by atoms with van der Waals surface area (Å²) in [5.74, 6) is -0.569. The lowest BCUT2D eigenvalue weighted by molar-refractivity contribution is -0.0223. The molecule has 10 heteroatoms. The molecule has 37 heavy (non-hydrogen) atoms. The summed E-state index contributed by atoms with van der Waals surface area (Å²) in [7, 11) is 0. The molecule has 1 aliphatic rings. The van der Waals surface area contributed by atoms with E-state index in [4.69, 9.17) is 27.6 Å². The van der Waals surface area contributed by atoms with E-state index in [0.717, 1.165) is 6.42 Å². The standard InChI is InChI=1S/C27H22ClFN4O4/c1-30-22-12-32-27-24(25(22)33-15-6-7-17(13-34)36-14-15)19(11-31-27)26(35)18-9-8-16(10-20(18)28)37-23-5-3-2-4-21(23)29/h2-5,8-12,15,17,34H,6-7,13-14H2,(H2,31,32,33)/t15-,17+/m1/s1. The first-order valence-electron chi connectivity index (χ1n) is 11.6. The van der Waals surface area contributed by atoms with Gasteiger partial charge >= 0.3 is 0 Å². The van der Waals surface area contributed by atoms with Gasteiger partial charge in [0.15, 0.2) is 17.3 Å². The molecule has 0 aliphatic carbocycles. The SMILES string of the molecule is [C-]#[N+]c1cnc2[nH]cc(C(=O)c3ccc(Oc4ccccc4F)cc3Cl)c2c1N[C@@H]1CC[C@@H](CO)OC1. The fourth-order valence-electron chi connectivity index (χ4n) is 4.31. The fourth-order valence-corrected chi connectivity index (χ4v) is 4.56. The number of pyridine rings is 1. The van der Waals surface area contributed by atoms with Gasteiger partial charge in [0, 0.05) is 35.5 Å². The van der Waals surface area contributed by atoms with Crippen LogP contribution in [0.15, 0.2) is 54.9 Å². The summed E-state index contributed by atoms with van der Waals surface area (Å²) >= 11 is 6.46. The van der Waals surface area contributed by atoms with Crippen LogP contribution in [-0.2, 0) is 4.74 Å². The summed E-state index contributed by atoms with van der Waals surface area (Å²) in [4.78, 5) is 24.5. The first-order chi connectivity index (χ1) is 18.0. The summed E-state index contributed by atoms with van der Waals surface area (Å²) in [6.07, 6.45) is 4.19. The monoisotopic (exact) mass is 520 g/mol. The zero-order valence-electron chi connectivity index (χ0n) is 19.5. The lowest BCUT2D eigenvalue weighted by atomic mass is 10.0. The Morgan fingerprint density at radius 2 is 2.14 bits per heavy atom. The van der Waals surface area contributed by atoms with E-state index < -0.39 is 5.82 Å². The minimum absolute atomic E-state index is 0.0408. The lowest BCUT2D eigenvalue weighted by Crippen LogP contribution is -2.36. The van der Waals surface area contributed by atoms with E-state index in [-0.39, 0.29) is 52.3 Å². The molecular weight excluding hydrogens is 499 g/mol. The third-order valence-corrected chi connectivity index (χ3v) is 6.53. The Labute approximate surface area is 216 Å². The zero-order valence-corrected chi connectivity index (χ0v) is 20.3. The highest BCUT2D eigenvalue weighted by molar-refractivity contribution is 6.36. The van der Waals surface area contributed by atoms with Crippen molar-refractivity contribution in [2.75, 3.05) is 18.5 Å². The summed E-state index contributed by atoms with van der Waals surface area (Å²) in [6, 6.07) is 10.4. The highest BCUT2D eigenvalue weighted by Gasteiger charge is 2.26. The normalized spacial score (nSPS) is 17.4. The number of aromatic amines is 1. The molecule has 1 aliphatic heterocycles. The van der Waals surface area contributed by atoms with Crippen molar-refractivity contribution in [1.29, 1.82) is 0 Å². The van der Waals surface area contributed by atoms with Crippen LogP contribution >= 0.6 is 11.6 Å². The average molecular weight is 521 g/mol. The Hall–Kier alpha value is -3.97. The van der Waals surface area contributed by atoms with Gasteiger partial charge in [0.25, 0.3) is 0 Å². The van der Waals surface area contributed by atoms with Gasteiger partial charge in [-0.2, -0.15) is 0 Å². The number of fused-ring (bicyclic) bond motifs is 1. The van der Waals surface area contributed by atoms with Crippen molar-refractivity contribution in [3.8, 4) is 11.5 Å². The van der Waals surface area contributed by atoms with Crippen molar-refractivity contribution in [2.45, 2.75) is 25.0 Å². The molecule has 3 heterocycles. The van der Waals surface area contributed by atoms with Gasteiger partial charge in [-0.05, 0) is 37.1 Å². The van der Waals surface area contributed by atoms with Crippen LogP contribution in [0.2, 0.25) is 5.02 Å². The van der Waals surface area contributed by atoms with Gasteiger partial charge < -0.3 is 24.9 Å². The fraction of sp³-hybridized carbons (Fsp3) is 0.222. The number of aliphatic hydroxyl groups is 1. The van der Waals surface area contributed by atoms with Gasteiger partial charge in [0.2, 0.25) is 5.69 Å². The number of ether oxygens (including phenoxy) is 2. The second kappa shape index (κ2) is 10.6. The van der Waals surface area contributed by atoms with Crippen LogP contribution in [0.1, 0.15) is 28.8 Å². The van der Waals surface area contributed by atoms with Gasteiger partial charge in [0.1, 0.15) is 11.4 Å². The van der Waals surface area contributed by atoms with Crippen LogP contribution in [0.3, 0.4) is 0 Å². The number of benzene rings is 2. The van der Waals surface area contributed by atoms with Gasteiger partial charge in [-0.3, -0.25) is 4.79 Å². The molecule has 2 atom stereocenters. The topological polar surface area (TPSA) is 101 Å². The molecule has 8 nitrogen and oxygen atoms in total. The van der Waals surface area contributed by atoms with Crippen LogP contribution in [0.5, 0.6) is 11.5 Å². The van der Waals surface area contributed by atoms with Gasteiger partial charge in [0.05, 0.1) is 42.2 Å². The minimum Gasteiger partial charge on any atom is -0.454 e. The highest BCUT2D eigenvalue weighted by Crippen LogP contribution is 2.37. The third kappa shape index (κ3) is 5.00. The Kier molecular flexibility index (Phi) is 7.06. The number of nitrogens with one attached hydrogen (secondary N) is 2. The first-order valence-corrected chi connectivity index (χ1v) is 12.0. The molecule has 188 valence electrons. The highest BCUT2D eigenvalue weighted by atomic mass is 35.5. The van der Waals surface area contributed by atoms with Crippen LogP contribution in [-0.4, -0.2) is 46.2 Å². The quantitative estimate of drug-likeness (QED) is 0.208. The predicted octanol–water partition coefficient (Wildman–Crippen LogP) is 5.88. The number of H-pyrrole nitrogens is 1. The molecule has 0 spiro atoms. The maximum atomic E-state index is 14.0. The van der Waals surface area contributed by atoms with E-state index >= 15 is 0 Å². The molecule has 2 aromatic carbocycles. The van der Waals surface area contributed by atoms with Crippen molar-refractivity contribution in [2.24, 2.45) is 0 Å². The number of nitrogens with zero attached hydrogens (tertiary/aromatic N) is 2. The van der Waals surface area contributed by atoms with E-state index in [1.807, 2.05) is 0 Å². The molecule has 1 fully saturated rings. The van der Waals surface area contributed by atoms with Crippen LogP contribution in [0.25, 0.3) is 15.9 Å². The number of rotatable bonds is 7. The number of hydrogen-bond acceptors (Lipinski definition) is 6. The van der Waals surface area contributed by atoms with E-state index in [0.29, 0.717) is 35.3 Å². The van der Waals surface area contributed by atoms with Crippen LogP contribution in [0.4, 0.5) is 15.8 Å². The second-order valence-corrected chi connectivity index (χ2v) is 9.02. The molecule has 5 rings (SSSR count). The summed E-state index contributed by atoms with van der Waals surface area (Å²) in [5.41, 5.74) is 1.71. The number of carbonyl (C=O) groups is 1.